The van der Waals surface area contributed by atoms with Gasteiger partial charge in [-0.2, -0.15) is 0 Å². The Morgan fingerprint density at radius 1 is 1.50 bits per heavy atom. The highest BCUT2D eigenvalue weighted by Crippen LogP contribution is 2.21. The molecule has 0 saturated carbocycles. The van der Waals surface area contributed by atoms with Gasteiger partial charge in [-0.3, -0.25) is 4.90 Å². The maximum Gasteiger partial charge on any atom is 0.0570 e. The van der Waals surface area contributed by atoms with Gasteiger partial charge in [0.2, 0.25) is 0 Å². The third kappa shape index (κ3) is 2.20. The molecule has 1 N–H and O–H groups in total. The second-order valence-electron chi connectivity index (χ2n) is 3.68. The normalized spacial score (nSPS) is 27.8. The van der Waals surface area contributed by atoms with Crippen LogP contribution in [-0.4, -0.2) is 30.2 Å². The minimum absolute atomic E-state index is 0.572. The van der Waals surface area contributed by atoms with Crippen molar-refractivity contribution in [1.82, 2.24) is 10.2 Å². The number of nitrogens with zero attached hydrogens (tertiary/aromatic N) is 1. The monoisotopic (exact) mass is 170 g/mol. The molecular formula is C10H22N2. The summed E-state index contributed by atoms with van der Waals surface area (Å²) in [5.74, 6) is 0. The molecule has 0 aliphatic carbocycles. The Hall–Kier alpha value is -0.0800. The molecule has 0 aromatic rings. The first kappa shape index (κ1) is 10.0. The number of rotatable bonds is 4. The fraction of sp³-hybridized carbons (Fsp3) is 1.00. The van der Waals surface area contributed by atoms with Gasteiger partial charge in [0.1, 0.15) is 0 Å². The molecule has 1 rings (SSSR count). The van der Waals surface area contributed by atoms with E-state index < -0.39 is 0 Å². The van der Waals surface area contributed by atoms with E-state index in [1.54, 1.807) is 0 Å². The van der Waals surface area contributed by atoms with Crippen LogP contribution < -0.4 is 5.32 Å². The molecule has 1 aliphatic rings. The molecular weight excluding hydrogens is 148 g/mol. The van der Waals surface area contributed by atoms with Crippen molar-refractivity contribution in [3.05, 3.63) is 0 Å². The van der Waals surface area contributed by atoms with Crippen LogP contribution in [0.2, 0.25) is 0 Å². The summed E-state index contributed by atoms with van der Waals surface area (Å²) < 4.78 is 0. The van der Waals surface area contributed by atoms with Gasteiger partial charge in [0.25, 0.3) is 0 Å². The van der Waals surface area contributed by atoms with Crippen molar-refractivity contribution in [1.29, 1.82) is 0 Å². The lowest BCUT2D eigenvalue weighted by molar-refractivity contribution is 0.161. The van der Waals surface area contributed by atoms with Crippen LogP contribution in [0.25, 0.3) is 0 Å². The van der Waals surface area contributed by atoms with Crippen LogP contribution in [-0.2, 0) is 0 Å². The molecule has 72 valence electrons. The predicted octanol–water partition coefficient (Wildman–Crippen LogP) is 1.82. The van der Waals surface area contributed by atoms with Crippen LogP contribution in [0.1, 0.15) is 40.0 Å². The Balaban J connectivity index is 2.38. The Morgan fingerprint density at radius 3 is 2.83 bits per heavy atom. The minimum atomic E-state index is 0.572. The zero-order valence-electron chi connectivity index (χ0n) is 8.64. The second-order valence-corrected chi connectivity index (χ2v) is 3.68. The van der Waals surface area contributed by atoms with Crippen LogP contribution >= 0.6 is 0 Å². The maximum absolute atomic E-state index is 3.48. The topological polar surface area (TPSA) is 15.3 Å². The van der Waals surface area contributed by atoms with Crippen LogP contribution in [0.5, 0.6) is 0 Å². The summed E-state index contributed by atoms with van der Waals surface area (Å²) in [7, 11) is 0. The molecule has 1 aliphatic heterocycles. The molecule has 0 spiro atoms. The fourth-order valence-electron chi connectivity index (χ4n) is 2.22. The Labute approximate surface area is 76.3 Å². The van der Waals surface area contributed by atoms with Gasteiger partial charge in [0, 0.05) is 6.04 Å². The molecule has 0 bridgehead atoms. The van der Waals surface area contributed by atoms with Crippen LogP contribution in [0.4, 0.5) is 0 Å². The van der Waals surface area contributed by atoms with Gasteiger partial charge in [-0.25, -0.2) is 0 Å². The van der Waals surface area contributed by atoms with Crippen molar-refractivity contribution in [2.45, 2.75) is 52.2 Å². The quantitative estimate of drug-likeness (QED) is 0.692. The van der Waals surface area contributed by atoms with Gasteiger partial charge in [0.15, 0.2) is 0 Å². The first-order valence-electron chi connectivity index (χ1n) is 5.28. The molecule has 1 fully saturated rings. The number of likely N-dealkylation sites (tertiary alicyclic amines) is 1. The molecule has 2 atom stereocenters. The van der Waals surface area contributed by atoms with Crippen LogP contribution in [0.3, 0.4) is 0 Å². The van der Waals surface area contributed by atoms with Crippen LogP contribution in [0, 0.1) is 0 Å². The summed E-state index contributed by atoms with van der Waals surface area (Å²) in [4.78, 5) is 2.60. The van der Waals surface area contributed by atoms with Crippen molar-refractivity contribution in [2.75, 3.05) is 13.1 Å². The van der Waals surface area contributed by atoms with Gasteiger partial charge in [0.05, 0.1) is 6.17 Å². The first-order chi connectivity index (χ1) is 5.79. The van der Waals surface area contributed by atoms with Gasteiger partial charge in [-0.05, 0) is 39.3 Å². The van der Waals surface area contributed by atoms with Crippen molar-refractivity contribution in [3.8, 4) is 0 Å². The lowest BCUT2D eigenvalue weighted by atomic mass is 10.1. The smallest absolute Gasteiger partial charge is 0.0570 e. The Morgan fingerprint density at radius 2 is 2.25 bits per heavy atom. The Bertz CT molecular complexity index is 125. The summed E-state index contributed by atoms with van der Waals surface area (Å²) >= 11 is 0. The lowest BCUT2D eigenvalue weighted by Gasteiger charge is -2.30. The predicted molar refractivity (Wildman–Crippen MR) is 53.2 cm³/mol. The molecule has 0 aromatic heterocycles. The summed E-state index contributed by atoms with van der Waals surface area (Å²) in [5, 5.41) is 3.48. The molecule has 1 saturated heterocycles. The van der Waals surface area contributed by atoms with E-state index in [4.69, 9.17) is 0 Å². The summed E-state index contributed by atoms with van der Waals surface area (Å²) in [5.41, 5.74) is 0. The summed E-state index contributed by atoms with van der Waals surface area (Å²) in [6.07, 6.45) is 4.65. The molecule has 0 aromatic carbocycles. The molecule has 2 heteroatoms. The lowest BCUT2D eigenvalue weighted by Crippen LogP contribution is -2.45. The highest BCUT2D eigenvalue weighted by molar-refractivity contribution is 4.80. The molecule has 12 heavy (non-hydrogen) atoms. The Kier molecular flexibility index (Phi) is 4.02. The van der Waals surface area contributed by atoms with E-state index >= 15 is 0 Å². The molecule has 2 unspecified atom stereocenters. The van der Waals surface area contributed by atoms with E-state index in [0.717, 1.165) is 12.6 Å². The second kappa shape index (κ2) is 4.83. The standard InChI is InChI=1S/C10H22N2/c1-4-10-7-6-8-12(10)9(3)11-5-2/h9-11H,4-8H2,1-3H3. The average molecular weight is 170 g/mol. The van der Waals surface area contributed by atoms with Crippen molar-refractivity contribution in [3.63, 3.8) is 0 Å². The molecule has 0 radical (unpaired) electrons. The van der Waals surface area contributed by atoms with Crippen molar-refractivity contribution >= 4 is 0 Å². The van der Waals surface area contributed by atoms with E-state index in [9.17, 15) is 0 Å². The van der Waals surface area contributed by atoms with Crippen molar-refractivity contribution < 1.29 is 0 Å². The highest BCUT2D eigenvalue weighted by atomic mass is 15.3. The van der Waals surface area contributed by atoms with E-state index in [1.165, 1.54) is 25.8 Å². The zero-order valence-corrected chi connectivity index (χ0v) is 8.64. The average Bonchev–Trinajstić information content (AvgIpc) is 2.51. The summed E-state index contributed by atoms with van der Waals surface area (Å²) in [6, 6.07) is 0.832. The SMILES string of the molecule is CCNC(C)N1CCCC1CC. The van der Waals surface area contributed by atoms with Gasteiger partial charge >= 0.3 is 0 Å². The van der Waals surface area contributed by atoms with E-state index in [1.807, 2.05) is 0 Å². The fourth-order valence-corrected chi connectivity index (χ4v) is 2.22. The third-order valence-electron chi connectivity index (χ3n) is 2.89. The first-order valence-corrected chi connectivity index (χ1v) is 5.28. The van der Waals surface area contributed by atoms with E-state index in [0.29, 0.717) is 6.17 Å². The van der Waals surface area contributed by atoms with E-state index in [-0.39, 0.29) is 0 Å². The maximum atomic E-state index is 3.48. The largest absolute Gasteiger partial charge is 0.302 e. The third-order valence-corrected chi connectivity index (χ3v) is 2.89. The van der Waals surface area contributed by atoms with Gasteiger partial charge < -0.3 is 5.32 Å². The number of hydrogen-bond donors (Lipinski definition) is 1. The van der Waals surface area contributed by atoms with Gasteiger partial charge in [-0.1, -0.05) is 13.8 Å². The number of nitrogens with one attached hydrogen (secondary N) is 1. The molecule has 0 amide bonds. The minimum Gasteiger partial charge on any atom is -0.302 e. The number of hydrogen-bond acceptors (Lipinski definition) is 2. The zero-order chi connectivity index (χ0) is 8.97. The summed E-state index contributed by atoms with van der Waals surface area (Å²) in [6.45, 7) is 9.10. The molecule has 2 nitrogen and oxygen atoms in total. The highest BCUT2D eigenvalue weighted by Gasteiger charge is 2.25. The van der Waals surface area contributed by atoms with Crippen molar-refractivity contribution in [2.24, 2.45) is 0 Å². The van der Waals surface area contributed by atoms with Crippen LogP contribution in [0.15, 0.2) is 0 Å². The van der Waals surface area contributed by atoms with E-state index in [2.05, 4.69) is 31.0 Å². The van der Waals surface area contributed by atoms with Gasteiger partial charge in [-0.15, -0.1) is 0 Å². The molecule has 1 heterocycles.